The Balaban J connectivity index is 2.02. The van der Waals surface area contributed by atoms with Crippen LogP contribution in [0.25, 0.3) is 0 Å². The second kappa shape index (κ2) is 5.06. The highest BCUT2D eigenvalue weighted by molar-refractivity contribution is 7.80. The van der Waals surface area contributed by atoms with Gasteiger partial charge in [0.05, 0.1) is 0 Å². The van der Waals surface area contributed by atoms with Crippen molar-refractivity contribution in [1.82, 2.24) is 0 Å². The van der Waals surface area contributed by atoms with Gasteiger partial charge in [0.1, 0.15) is 0 Å². The summed E-state index contributed by atoms with van der Waals surface area (Å²) in [5, 5.41) is 0. The molecule has 0 saturated heterocycles. The zero-order valence-electron chi connectivity index (χ0n) is 6.68. The molecule has 60 valence electrons. The van der Waals surface area contributed by atoms with Gasteiger partial charge >= 0.3 is 0 Å². The Kier molecular flexibility index (Phi) is 4.27. The lowest BCUT2D eigenvalue weighted by Crippen LogP contribution is -2.05. The molecule has 0 nitrogen and oxygen atoms in total. The second-order valence-corrected chi connectivity index (χ2v) is 3.82. The first kappa shape index (κ1) is 8.45. The van der Waals surface area contributed by atoms with Crippen molar-refractivity contribution < 1.29 is 0 Å². The summed E-state index contributed by atoms with van der Waals surface area (Å²) >= 11 is 4.22. The van der Waals surface area contributed by atoms with Crippen molar-refractivity contribution >= 4 is 12.6 Å². The third-order valence-electron chi connectivity index (χ3n) is 2.50. The molecule has 0 aromatic heterocycles. The van der Waals surface area contributed by atoms with E-state index in [1.165, 1.54) is 44.9 Å². The van der Waals surface area contributed by atoms with Gasteiger partial charge in [0.25, 0.3) is 0 Å². The average Bonchev–Trinajstić information content (AvgIpc) is 2.03. The predicted molar refractivity (Wildman–Crippen MR) is 49.7 cm³/mol. The van der Waals surface area contributed by atoms with Crippen LogP contribution in [0.4, 0.5) is 0 Å². The maximum atomic E-state index is 4.22. The lowest BCUT2D eigenvalue weighted by Gasteiger charge is -2.20. The molecule has 0 heterocycles. The van der Waals surface area contributed by atoms with E-state index in [1.807, 2.05) is 0 Å². The van der Waals surface area contributed by atoms with Crippen LogP contribution in [0.3, 0.4) is 0 Å². The van der Waals surface area contributed by atoms with Crippen molar-refractivity contribution in [2.24, 2.45) is 5.92 Å². The lowest BCUT2D eigenvalue weighted by atomic mass is 9.86. The van der Waals surface area contributed by atoms with E-state index in [0.29, 0.717) is 0 Å². The van der Waals surface area contributed by atoms with Gasteiger partial charge < -0.3 is 0 Å². The van der Waals surface area contributed by atoms with Crippen molar-refractivity contribution in [3.05, 3.63) is 0 Å². The first-order chi connectivity index (χ1) is 4.93. The highest BCUT2D eigenvalue weighted by atomic mass is 32.1. The van der Waals surface area contributed by atoms with Crippen LogP contribution in [0.5, 0.6) is 0 Å². The van der Waals surface area contributed by atoms with Gasteiger partial charge in [0.15, 0.2) is 0 Å². The molecule has 1 aliphatic rings. The Labute approximate surface area is 69.8 Å². The number of thiol groups is 1. The summed E-state index contributed by atoms with van der Waals surface area (Å²) in [7, 11) is 0. The zero-order valence-corrected chi connectivity index (χ0v) is 7.58. The maximum absolute atomic E-state index is 4.22. The molecule has 0 aromatic carbocycles. The van der Waals surface area contributed by atoms with Crippen LogP contribution < -0.4 is 0 Å². The largest absolute Gasteiger partial charge is 0.179 e. The molecule has 0 aliphatic heterocycles. The molecule has 1 heteroatoms. The Hall–Kier alpha value is 0.350. The number of hydrogen-bond donors (Lipinski definition) is 1. The van der Waals surface area contributed by atoms with Gasteiger partial charge in [-0.3, -0.25) is 0 Å². The fourth-order valence-corrected chi connectivity index (χ4v) is 2.04. The normalized spacial score (nSPS) is 21.3. The molecule has 1 fully saturated rings. The molecule has 0 N–H and O–H groups in total. The monoisotopic (exact) mass is 158 g/mol. The minimum Gasteiger partial charge on any atom is -0.179 e. The molecular formula is C9H18S. The summed E-state index contributed by atoms with van der Waals surface area (Å²) < 4.78 is 0. The molecule has 0 atom stereocenters. The van der Waals surface area contributed by atoms with Crippen LogP contribution >= 0.6 is 12.6 Å². The van der Waals surface area contributed by atoms with Gasteiger partial charge in [-0.15, -0.1) is 0 Å². The van der Waals surface area contributed by atoms with Crippen molar-refractivity contribution in [1.29, 1.82) is 0 Å². The minimum atomic E-state index is 1.06. The van der Waals surface area contributed by atoms with E-state index in [-0.39, 0.29) is 0 Å². The van der Waals surface area contributed by atoms with Crippen molar-refractivity contribution in [3.8, 4) is 0 Å². The van der Waals surface area contributed by atoms with E-state index in [4.69, 9.17) is 0 Å². The highest BCUT2D eigenvalue weighted by Crippen LogP contribution is 2.27. The molecule has 0 unspecified atom stereocenters. The molecular weight excluding hydrogens is 140 g/mol. The Bertz CT molecular complexity index is 74.8. The molecule has 1 aliphatic carbocycles. The summed E-state index contributed by atoms with van der Waals surface area (Å²) in [4.78, 5) is 0. The molecule has 1 saturated carbocycles. The Morgan fingerprint density at radius 3 is 2.40 bits per heavy atom. The van der Waals surface area contributed by atoms with Gasteiger partial charge in [-0.2, -0.15) is 12.6 Å². The third kappa shape index (κ3) is 2.96. The summed E-state index contributed by atoms with van der Waals surface area (Å²) in [6, 6.07) is 0. The quantitative estimate of drug-likeness (QED) is 0.599. The topological polar surface area (TPSA) is 0 Å². The summed E-state index contributed by atoms with van der Waals surface area (Å²) in [5.74, 6) is 2.14. The van der Waals surface area contributed by atoms with E-state index in [0.717, 1.165) is 11.7 Å². The fraction of sp³-hybridized carbons (Fsp3) is 1.00. The fourth-order valence-electron chi connectivity index (χ4n) is 1.86. The molecule has 0 radical (unpaired) electrons. The number of rotatable bonds is 3. The summed E-state index contributed by atoms with van der Waals surface area (Å²) in [5.41, 5.74) is 0. The van der Waals surface area contributed by atoms with E-state index in [1.54, 1.807) is 0 Å². The van der Waals surface area contributed by atoms with E-state index >= 15 is 0 Å². The van der Waals surface area contributed by atoms with Crippen LogP contribution in [-0.4, -0.2) is 5.75 Å². The van der Waals surface area contributed by atoms with E-state index in [9.17, 15) is 0 Å². The average molecular weight is 158 g/mol. The van der Waals surface area contributed by atoms with Gasteiger partial charge in [-0.1, -0.05) is 32.1 Å². The van der Waals surface area contributed by atoms with Crippen molar-refractivity contribution in [2.75, 3.05) is 5.75 Å². The first-order valence-electron chi connectivity index (χ1n) is 4.54. The van der Waals surface area contributed by atoms with Crippen LogP contribution in [0.2, 0.25) is 0 Å². The maximum Gasteiger partial charge on any atom is -0.00978 e. The Morgan fingerprint density at radius 2 is 1.80 bits per heavy atom. The smallest absolute Gasteiger partial charge is 0.00978 e. The minimum absolute atomic E-state index is 1.06. The first-order valence-corrected chi connectivity index (χ1v) is 5.17. The van der Waals surface area contributed by atoms with Crippen LogP contribution in [-0.2, 0) is 0 Å². The molecule has 0 bridgehead atoms. The summed E-state index contributed by atoms with van der Waals surface area (Å²) in [6.07, 6.45) is 10.2. The SMILES string of the molecule is SCCCC1CCCCC1. The van der Waals surface area contributed by atoms with Crippen LogP contribution in [0.1, 0.15) is 44.9 Å². The van der Waals surface area contributed by atoms with E-state index < -0.39 is 0 Å². The summed E-state index contributed by atoms with van der Waals surface area (Å²) in [6.45, 7) is 0. The van der Waals surface area contributed by atoms with Crippen LogP contribution in [0.15, 0.2) is 0 Å². The van der Waals surface area contributed by atoms with Gasteiger partial charge in [-0.25, -0.2) is 0 Å². The molecule has 1 rings (SSSR count). The third-order valence-corrected chi connectivity index (χ3v) is 2.81. The standard InChI is InChI=1S/C9H18S/c10-8-4-7-9-5-2-1-3-6-9/h9-10H,1-8H2. The van der Waals surface area contributed by atoms with E-state index in [2.05, 4.69) is 12.6 Å². The highest BCUT2D eigenvalue weighted by Gasteiger charge is 2.11. The van der Waals surface area contributed by atoms with Gasteiger partial charge in [0.2, 0.25) is 0 Å². The van der Waals surface area contributed by atoms with Gasteiger partial charge in [0, 0.05) is 0 Å². The predicted octanol–water partition coefficient (Wildman–Crippen LogP) is 3.28. The zero-order chi connectivity index (χ0) is 7.23. The van der Waals surface area contributed by atoms with Crippen molar-refractivity contribution in [2.45, 2.75) is 44.9 Å². The Morgan fingerprint density at radius 1 is 1.10 bits per heavy atom. The van der Waals surface area contributed by atoms with Gasteiger partial charge in [-0.05, 0) is 24.5 Å². The number of hydrogen-bond acceptors (Lipinski definition) is 1. The molecule has 10 heavy (non-hydrogen) atoms. The van der Waals surface area contributed by atoms with Crippen LogP contribution in [0, 0.1) is 5.92 Å². The molecule has 0 spiro atoms. The second-order valence-electron chi connectivity index (χ2n) is 3.37. The van der Waals surface area contributed by atoms with Crippen molar-refractivity contribution in [3.63, 3.8) is 0 Å². The molecule has 0 amide bonds. The lowest BCUT2D eigenvalue weighted by molar-refractivity contribution is 0.337. The molecule has 0 aromatic rings.